The molecule has 4 aliphatic rings. The Morgan fingerprint density at radius 3 is 2.81 bits per heavy atom. The monoisotopic (exact) mass is 424 g/mol. The molecule has 3 saturated carbocycles. The number of aliphatic hydroxyl groups is 1. The first-order valence-electron chi connectivity index (χ1n) is 10.3. The maximum absolute atomic E-state index is 11.2. The van der Waals surface area contributed by atoms with Gasteiger partial charge in [0.25, 0.3) is 0 Å². The third-order valence-electron chi connectivity index (χ3n) is 8.70. The number of hydrogen-bond donors (Lipinski definition) is 1. The quantitative estimate of drug-likeness (QED) is 0.399. The largest absolute Gasteiger partial charge is 0.465 e. The van der Waals surface area contributed by atoms with Gasteiger partial charge in [0.2, 0.25) is 0 Å². The molecule has 146 valence electrons. The Morgan fingerprint density at radius 1 is 1.38 bits per heavy atom. The van der Waals surface area contributed by atoms with Crippen LogP contribution in [-0.4, -0.2) is 28.6 Å². The van der Waals surface area contributed by atoms with E-state index in [0.717, 1.165) is 25.2 Å². The molecule has 0 aliphatic heterocycles. The third kappa shape index (κ3) is 2.73. The number of fused-ring (bicyclic) bond motifs is 5. The zero-order valence-corrected chi connectivity index (χ0v) is 18.1. The number of halogens is 1. The van der Waals surface area contributed by atoms with Gasteiger partial charge < -0.3 is 9.84 Å². The lowest BCUT2D eigenvalue weighted by atomic mass is 9.48. The van der Waals surface area contributed by atoms with Crippen LogP contribution in [-0.2, 0) is 9.53 Å². The highest BCUT2D eigenvalue weighted by molar-refractivity contribution is 9.09. The lowest BCUT2D eigenvalue weighted by Crippen LogP contribution is -2.52. The number of alkyl halides is 1. The molecule has 0 spiro atoms. The van der Waals surface area contributed by atoms with Gasteiger partial charge in [0.05, 0.1) is 10.9 Å². The van der Waals surface area contributed by atoms with Gasteiger partial charge in [-0.25, -0.2) is 0 Å². The summed E-state index contributed by atoms with van der Waals surface area (Å²) < 4.78 is 5.25. The molecule has 4 aliphatic carbocycles. The van der Waals surface area contributed by atoms with Crippen molar-refractivity contribution in [1.29, 1.82) is 0 Å². The van der Waals surface area contributed by atoms with Crippen molar-refractivity contribution in [2.45, 2.75) is 77.2 Å². The molecule has 0 aromatic heterocycles. The van der Waals surface area contributed by atoms with Gasteiger partial charge >= 0.3 is 5.97 Å². The molecule has 0 heterocycles. The number of ether oxygens (including phenoxy) is 1. The number of carbonyl (C=O) groups is 1. The maximum Gasteiger partial charge on any atom is 0.302 e. The molecule has 0 bridgehead atoms. The standard InChI is InChI=1S/C22H33BrO3/c1-13(24)26-12-19(23)20(2)7-6-16-15(11-20)17(25)9-18-21(16,3)8-5-14-10-22(14,18)4/h6,14-15,17-19,25H,5,7-12H2,1-4H3/t14-,15-,17-,18+,19+,20+,21+,22+/m1/s1. The van der Waals surface area contributed by atoms with Crippen molar-refractivity contribution in [1.82, 2.24) is 0 Å². The first-order valence-corrected chi connectivity index (χ1v) is 11.2. The van der Waals surface area contributed by atoms with Gasteiger partial charge in [0.15, 0.2) is 0 Å². The van der Waals surface area contributed by atoms with Crippen molar-refractivity contribution in [3.8, 4) is 0 Å². The van der Waals surface area contributed by atoms with Crippen LogP contribution >= 0.6 is 15.9 Å². The number of allylic oxidation sites excluding steroid dienone is 1. The fourth-order valence-corrected chi connectivity index (χ4v) is 7.33. The van der Waals surface area contributed by atoms with Crippen molar-refractivity contribution in [2.75, 3.05) is 6.61 Å². The Labute approximate surface area is 166 Å². The highest BCUT2D eigenvalue weighted by Gasteiger charge is 2.66. The average molecular weight is 425 g/mol. The molecule has 0 unspecified atom stereocenters. The second kappa shape index (κ2) is 6.07. The minimum atomic E-state index is -0.233. The predicted octanol–water partition coefficient (Wildman–Crippen LogP) is 4.86. The Balaban J connectivity index is 1.59. The summed E-state index contributed by atoms with van der Waals surface area (Å²) in [5.74, 6) is 1.56. The lowest BCUT2D eigenvalue weighted by molar-refractivity contribution is -0.141. The van der Waals surface area contributed by atoms with Crippen LogP contribution in [0, 0.1) is 34.0 Å². The average Bonchev–Trinajstić information content (AvgIpc) is 3.26. The van der Waals surface area contributed by atoms with Crippen LogP contribution < -0.4 is 0 Å². The summed E-state index contributed by atoms with van der Waals surface area (Å²) in [5, 5.41) is 11.1. The Morgan fingerprint density at radius 2 is 2.12 bits per heavy atom. The lowest BCUT2D eigenvalue weighted by Gasteiger charge is -2.57. The zero-order valence-electron chi connectivity index (χ0n) is 16.6. The van der Waals surface area contributed by atoms with Gasteiger partial charge in [-0.2, -0.15) is 0 Å². The molecule has 0 aromatic rings. The van der Waals surface area contributed by atoms with E-state index in [1.165, 1.54) is 31.8 Å². The zero-order chi connectivity index (χ0) is 18.9. The molecule has 3 fully saturated rings. The van der Waals surface area contributed by atoms with E-state index in [1.54, 1.807) is 0 Å². The summed E-state index contributed by atoms with van der Waals surface area (Å²) >= 11 is 3.78. The summed E-state index contributed by atoms with van der Waals surface area (Å²) in [4.78, 5) is 11.3. The molecule has 26 heavy (non-hydrogen) atoms. The predicted molar refractivity (Wildman–Crippen MR) is 106 cm³/mol. The van der Waals surface area contributed by atoms with Gasteiger partial charge in [-0.3, -0.25) is 4.79 Å². The van der Waals surface area contributed by atoms with Crippen molar-refractivity contribution in [3.63, 3.8) is 0 Å². The first-order chi connectivity index (χ1) is 12.1. The normalized spacial score (nSPS) is 50.6. The number of carbonyl (C=O) groups excluding carboxylic acids is 1. The smallest absolute Gasteiger partial charge is 0.302 e. The molecule has 1 N–H and O–H groups in total. The van der Waals surface area contributed by atoms with Gasteiger partial charge in [-0.1, -0.05) is 48.4 Å². The van der Waals surface area contributed by atoms with Crippen LogP contribution in [0.25, 0.3) is 0 Å². The molecule has 8 atom stereocenters. The fourth-order valence-electron chi connectivity index (χ4n) is 6.82. The van der Waals surface area contributed by atoms with E-state index in [2.05, 4.69) is 42.8 Å². The minimum absolute atomic E-state index is 0.00841. The molecule has 0 aromatic carbocycles. The van der Waals surface area contributed by atoms with Gasteiger partial charge in [-0.15, -0.1) is 0 Å². The molecular formula is C22H33BrO3. The van der Waals surface area contributed by atoms with E-state index >= 15 is 0 Å². The molecule has 3 nitrogen and oxygen atoms in total. The highest BCUT2D eigenvalue weighted by Crippen LogP contribution is 2.73. The van der Waals surface area contributed by atoms with Crippen molar-refractivity contribution in [2.24, 2.45) is 34.0 Å². The van der Waals surface area contributed by atoms with E-state index in [4.69, 9.17) is 4.74 Å². The van der Waals surface area contributed by atoms with Crippen molar-refractivity contribution >= 4 is 21.9 Å². The highest BCUT2D eigenvalue weighted by atomic mass is 79.9. The van der Waals surface area contributed by atoms with E-state index < -0.39 is 0 Å². The summed E-state index contributed by atoms with van der Waals surface area (Å²) in [7, 11) is 0. The summed E-state index contributed by atoms with van der Waals surface area (Å²) in [5.41, 5.74) is 2.28. The van der Waals surface area contributed by atoms with Crippen LogP contribution in [0.5, 0.6) is 0 Å². The van der Waals surface area contributed by atoms with E-state index in [-0.39, 0.29) is 33.6 Å². The number of aliphatic hydroxyl groups excluding tert-OH is 1. The topological polar surface area (TPSA) is 46.5 Å². The van der Waals surface area contributed by atoms with Gasteiger partial charge in [-0.05, 0) is 66.6 Å². The van der Waals surface area contributed by atoms with Crippen molar-refractivity contribution in [3.05, 3.63) is 11.6 Å². The van der Waals surface area contributed by atoms with Crippen LogP contribution in [0.1, 0.15) is 66.2 Å². The second-order valence-electron chi connectivity index (χ2n) is 10.3. The van der Waals surface area contributed by atoms with Crippen LogP contribution in [0.15, 0.2) is 11.6 Å². The Bertz CT molecular complexity index is 645. The summed E-state index contributed by atoms with van der Waals surface area (Å²) in [6.45, 7) is 9.08. The summed E-state index contributed by atoms with van der Waals surface area (Å²) in [6.07, 6.45) is 9.15. The van der Waals surface area contributed by atoms with Gasteiger partial charge in [0.1, 0.15) is 6.61 Å². The van der Waals surface area contributed by atoms with E-state index in [9.17, 15) is 9.90 Å². The SMILES string of the molecule is CC(=O)OC[C@H](Br)[C@@]1(C)CC=C2[C@@H](C1)[C@H](O)C[C@@H]1[C@@]3(C)C[C@H]3CC[C@@]21C. The molecule has 4 rings (SSSR count). The van der Waals surface area contributed by atoms with Crippen LogP contribution in [0.3, 0.4) is 0 Å². The van der Waals surface area contributed by atoms with E-state index in [0.29, 0.717) is 17.9 Å². The Hall–Kier alpha value is -0.350. The van der Waals surface area contributed by atoms with E-state index in [1.807, 2.05) is 0 Å². The Kier molecular flexibility index (Phi) is 4.43. The minimum Gasteiger partial charge on any atom is -0.465 e. The van der Waals surface area contributed by atoms with Crippen molar-refractivity contribution < 1.29 is 14.6 Å². The van der Waals surface area contributed by atoms with Crippen LogP contribution in [0.4, 0.5) is 0 Å². The fraction of sp³-hybridized carbons (Fsp3) is 0.864. The number of esters is 1. The molecule has 4 heteroatoms. The van der Waals surface area contributed by atoms with Gasteiger partial charge in [0, 0.05) is 12.8 Å². The summed E-state index contributed by atoms with van der Waals surface area (Å²) in [6, 6.07) is 0. The third-order valence-corrected chi connectivity index (χ3v) is 10.1. The maximum atomic E-state index is 11.2. The molecule has 0 amide bonds. The molecular weight excluding hydrogens is 392 g/mol. The first kappa shape index (κ1) is 19.0. The molecule has 0 radical (unpaired) electrons. The second-order valence-corrected chi connectivity index (χ2v) is 11.4. The number of hydrogen-bond acceptors (Lipinski definition) is 3. The molecule has 0 saturated heterocycles. The van der Waals surface area contributed by atoms with Crippen LogP contribution in [0.2, 0.25) is 0 Å². The number of rotatable bonds is 3.